The maximum absolute atomic E-state index is 12.7. The van der Waals surface area contributed by atoms with Gasteiger partial charge in [0.15, 0.2) is 0 Å². The maximum Gasteiger partial charge on any atom is 0.257 e. The lowest BCUT2D eigenvalue weighted by Crippen LogP contribution is -2.42. The van der Waals surface area contributed by atoms with E-state index in [1.165, 1.54) is 6.42 Å². The summed E-state index contributed by atoms with van der Waals surface area (Å²) < 4.78 is 1.75. The lowest BCUT2D eigenvalue weighted by molar-refractivity contribution is 0.0676. The van der Waals surface area contributed by atoms with E-state index in [0.29, 0.717) is 11.5 Å². The second kappa shape index (κ2) is 5.63. The van der Waals surface area contributed by atoms with Crippen LogP contribution in [0.4, 0.5) is 0 Å². The van der Waals surface area contributed by atoms with E-state index in [9.17, 15) is 4.79 Å². The molecule has 0 aliphatic carbocycles. The van der Waals surface area contributed by atoms with E-state index in [2.05, 4.69) is 10.4 Å². The largest absolute Gasteiger partial charge is 0.338 e. The fourth-order valence-corrected chi connectivity index (χ4v) is 2.97. The Bertz CT molecular complexity index is 605. The van der Waals surface area contributed by atoms with Crippen LogP contribution in [0.5, 0.6) is 0 Å². The van der Waals surface area contributed by atoms with Gasteiger partial charge in [-0.3, -0.25) is 4.79 Å². The van der Waals surface area contributed by atoms with Crippen molar-refractivity contribution in [2.75, 3.05) is 26.7 Å². The Balaban J connectivity index is 1.81. The summed E-state index contributed by atoms with van der Waals surface area (Å²) >= 11 is 0. The van der Waals surface area contributed by atoms with Crippen molar-refractivity contribution < 1.29 is 4.79 Å². The molecule has 1 aliphatic rings. The molecule has 0 radical (unpaired) electrons. The fraction of sp³-hybridized carbons (Fsp3) is 0.467. The fourth-order valence-electron chi connectivity index (χ4n) is 2.97. The average Bonchev–Trinajstić information content (AvgIpc) is 2.91. The first-order valence-electron chi connectivity index (χ1n) is 7.16. The van der Waals surface area contributed by atoms with Crippen molar-refractivity contribution in [2.45, 2.75) is 12.8 Å². The minimum atomic E-state index is 0.104. The third-order valence-electron chi connectivity index (χ3n) is 3.96. The number of hydrogen-bond donors (Lipinski definition) is 1. The average molecular weight is 272 g/mol. The van der Waals surface area contributed by atoms with Crippen LogP contribution >= 0.6 is 0 Å². The van der Waals surface area contributed by atoms with E-state index >= 15 is 0 Å². The van der Waals surface area contributed by atoms with Crippen molar-refractivity contribution in [3.8, 4) is 0 Å². The molecular formula is C15H20N4O. The van der Waals surface area contributed by atoms with Crippen LogP contribution in [-0.4, -0.2) is 47.1 Å². The zero-order valence-electron chi connectivity index (χ0n) is 11.7. The van der Waals surface area contributed by atoms with Crippen LogP contribution in [0.25, 0.3) is 5.52 Å². The van der Waals surface area contributed by atoms with E-state index in [-0.39, 0.29) is 5.91 Å². The molecule has 3 heterocycles. The quantitative estimate of drug-likeness (QED) is 0.919. The number of hydrogen-bond acceptors (Lipinski definition) is 3. The van der Waals surface area contributed by atoms with Gasteiger partial charge in [-0.1, -0.05) is 6.07 Å². The van der Waals surface area contributed by atoms with Crippen molar-refractivity contribution in [3.63, 3.8) is 0 Å². The van der Waals surface area contributed by atoms with Crippen LogP contribution in [0.1, 0.15) is 23.2 Å². The summed E-state index contributed by atoms with van der Waals surface area (Å²) in [5.74, 6) is 0.659. The van der Waals surface area contributed by atoms with Gasteiger partial charge < -0.3 is 10.2 Å². The van der Waals surface area contributed by atoms with Crippen LogP contribution in [-0.2, 0) is 0 Å². The first kappa shape index (κ1) is 13.1. The van der Waals surface area contributed by atoms with E-state index in [1.54, 1.807) is 10.7 Å². The van der Waals surface area contributed by atoms with E-state index in [0.717, 1.165) is 31.6 Å². The molecule has 1 atom stereocenters. The van der Waals surface area contributed by atoms with Gasteiger partial charge in [0, 0.05) is 19.3 Å². The molecule has 5 heteroatoms. The molecular weight excluding hydrogens is 252 g/mol. The Morgan fingerprint density at radius 3 is 3.25 bits per heavy atom. The maximum atomic E-state index is 12.7. The molecule has 2 aromatic heterocycles. The van der Waals surface area contributed by atoms with Crippen LogP contribution in [0.2, 0.25) is 0 Å². The number of pyridine rings is 1. The Morgan fingerprint density at radius 1 is 1.50 bits per heavy atom. The molecule has 2 aromatic rings. The molecule has 3 rings (SSSR count). The number of likely N-dealkylation sites (tertiary alicyclic amines) is 1. The summed E-state index contributed by atoms with van der Waals surface area (Å²) in [6.07, 6.45) is 5.82. The molecule has 0 spiro atoms. The summed E-state index contributed by atoms with van der Waals surface area (Å²) in [7, 11) is 1.96. The number of carbonyl (C=O) groups is 1. The summed E-state index contributed by atoms with van der Waals surface area (Å²) in [5, 5.41) is 7.45. The van der Waals surface area contributed by atoms with Crippen molar-refractivity contribution >= 4 is 11.4 Å². The molecule has 1 saturated heterocycles. The van der Waals surface area contributed by atoms with Gasteiger partial charge in [-0.2, -0.15) is 5.10 Å². The van der Waals surface area contributed by atoms with Crippen molar-refractivity contribution in [3.05, 3.63) is 36.2 Å². The number of piperidine rings is 1. The summed E-state index contributed by atoms with van der Waals surface area (Å²) in [6.45, 7) is 2.66. The van der Waals surface area contributed by atoms with E-state index < -0.39 is 0 Å². The SMILES string of the molecule is CNCC1CCCN(C(=O)c2cnn3ccccc23)C1. The normalized spacial score (nSPS) is 19.4. The van der Waals surface area contributed by atoms with Crippen LogP contribution in [0.3, 0.4) is 0 Å². The van der Waals surface area contributed by atoms with Gasteiger partial charge in [-0.05, 0) is 44.5 Å². The zero-order valence-corrected chi connectivity index (χ0v) is 11.7. The number of amides is 1. The second-order valence-corrected chi connectivity index (χ2v) is 5.41. The predicted octanol–water partition coefficient (Wildman–Crippen LogP) is 1.41. The van der Waals surface area contributed by atoms with Gasteiger partial charge in [0.2, 0.25) is 0 Å². The topological polar surface area (TPSA) is 49.6 Å². The monoisotopic (exact) mass is 272 g/mol. The Hall–Kier alpha value is -1.88. The molecule has 0 bridgehead atoms. The smallest absolute Gasteiger partial charge is 0.257 e. The standard InChI is InChI=1S/C15H20N4O/c1-16-9-12-5-4-7-18(11-12)15(20)13-10-17-19-8-3-2-6-14(13)19/h2-3,6,8,10,12,16H,4-5,7,9,11H2,1H3. The highest BCUT2D eigenvalue weighted by molar-refractivity contribution is 6.00. The molecule has 1 fully saturated rings. The number of nitrogens with one attached hydrogen (secondary N) is 1. The third kappa shape index (κ3) is 2.41. The lowest BCUT2D eigenvalue weighted by Gasteiger charge is -2.32. The second-order valence-electron chi connectivity index (χ2n) is 5.41. The summed E-state index contributed by atoms with van der Waals surface area (Å²) in [6, 6.07) is 5.79. The zero-order chi connectivity index (χ0) is 13.9. The molecule has 1 amide bonds. The minimum absolute atomic E-state index is 0.104. The Morgan fingerprint density at radius 2 is 2.40 bits per heavy atom. The Kier molecular flexibility index (Phi) is 3.69. The van der Waals surface area contributed by atoms with Gasteiger partial charge in [-0.15, -0.1) is 0 Å². The van der Waals surface area contributed by atoms with Crippen LogP contribution in [0, 0.1) is 5.92 Å². The first-order chi connectivity index (χ1) is 9.79. The molecule has 1 N–H and O–H groups in total. The lowest BCUT2D eigenvalue weighted by atomic mass is 9.97. The van der Waals surface area contributed by atoms with Crippen molar-refractivity contribution in [2.24, 2.45) is 5.92 Å². The van der Waals surface area contributed by atoms with Crippen LogP contribution in [0.15, 0.2) is 30.6 Å². The summed E-state index contributed by atoms with van der Waals surface area (Å²) in [5.41, 5.74) is 1.59. The predicted molar refractivity (Wildman–Crippen MR) is 77.7 cm³/mol. The van der Waals surface area contributed by atoms with Gasteiger partial charge in [0.1, 0.15) is 0 Å². The molecule has 106 valence electrons. The van der Waals surface area contributed by atoms with Gasteiger partial charge >= 0.3 is 0 Å². The summed E-state index contributed by atoms with van der Waals surface area (Å²) in [4.78, 5) is 14.6. The number of aromatic nitrogens is 2. The minimum Gasteiger partial charge on any atom is -0.338 e. The third-order valence-corrected chi connectivity index (χ3v) is 3.96. The molecule has 20 heavy (non-hydrogen) atoms. The van der Waals surface area contributed by atoms with Gasteiger partial charge in [-0.25, -0.2) is 4.52 Å². The molecule has 0 aromatic carbocycles. The van der Waals surface area contributed by atoms with Gasteiger partial charge in [0.05, 0.1) is 17.3 Å². The highest BCUT2D eigenvalue weighted by atomic mass is 16.2. The van der Waals surface area contributed by atoms with Crippen molar-refractivity contribution in [1.82, 2.24) is 19.8 Å². The van der Waals surface area contributed by atoms with Gasteiger partial charge in [0.25, 0.3) is 5.91 Å². The highest BCUT2D eigenvalue weighted by Gasteiger charge is 2.25. The van der Waals surface area contributed by atoms with Crippen molar-refractivity contribution in [1.29, 1.82) is 0 Å². The van der Waals surface area contributed by atoms with E-state index in [1.807, 2.05) is 36.3 Å². The van der Waals surface area contributed by atoms with Crippen LogP contribution < -0.4 is 5.32 Å². The number of nitrogens with zero attached hydrogens (tertiary/aromatic N) is 3. The number of rotatable bonds is 3. The first-order valence-corrected chi connectivity index (χ1v) is 7.16. The number of fused-ring (bicyclic) bond motifs is 1. The molecule has 5 nitrogen and oxygen atoms in total. The Labute approximate surface area is 118 Å². The molecule has 1 unspecified atom stereocenters. The number of carbonyl (C=O) groups excluding carboxylic acids is 1. The highest BCUT2D eigenvalue weighted by Crippen LogP contribution is 2.20. The molecule has 1 aliphatic heterocycles. The van der Waals surface area contributed by atoms with E-state index in [4.69, 9.17) is 0 Å². The molecule has 0 saturated carbocycles.